The van der Waals surface area contributed by atoms with Crippen LogP contribution in [0.5, 0.6) is 11.5 Å². The van der Waals surface area contributed by atoms with E-state index in [1.165, 1.54) is 43.4 Å². The van der Waals surface area contributed by atoms with E-state index in [0.717, 1.165) is 15.3 Å². The molecule has 2 aromatic carbocycles. The van der Waals surface area contributed by atoms with E-state index in [0.29, 0.717) is 17.2 Å². The van der Waals surface area contributed by atoms with Crippen LogP contribution in [0.2, 0.25) is 5.02 Å². The summed E-state index contributed by atoms with van der Waals surface area (Å²) in [4.78, 5) is 24.5. The lowest BCUT2D eigenvalue weighted by molar-refractivity contribution is -0.138. The Morgan fingerprint density at radius 1 is 1.09 bits per heavy atom. The molecular weight excluding hydrogens is 480 g/mol. The summed E-state index contributed by atoms with van der Waals surface area (Å²) >= 11 is 6.11. The van der Waals surface area contributed by atoms with E-state index in [4.69, 9.17) is 16.3 Å². The number of ether oxygens (including phenoxy) is 1. The minimum Gasteiger partial charge on any atom is -0.451 e. The predicted molar refractivity (Wildman–Crippen MR) is 116 cm³/mol. The highest BCUT2D eigenvalue weighted by Crippen LogP contribution is 2.37. The topological polar surface area (TPSA) is 81.9 Å². The number of pyridine rings is 1. The molecule has 12 heteroatoms. The van der Waals surface area contributed by atoms with Crippen molar-refractivity contribution in [1.29, 1.82) is 0 Å². The molecule has 0 aliphatic carbocycles. The van der Waals surface area contributed by atoms with Gasteiger partial charge in [0.1, 0.15) is 17.1 Å². The zero-order valence-electron chi connectivity index (χ0n) is 17.4. The average molecular weight is 495 g/mol. The van der Waals surface area contributed by atoms with Gasteiger partial charge in [-0.25, -0.2) is 14.3 Å². The van der Waals surface area contributed by atoms with Gasteiger partial charge in [0.15, 0.2) is 5.82 Å². The number of hydrogen-bond acceptors (Lipinski definition) is 4. The highest BCUT2D eigenvalue weighted by Gasteiger charge is 2.36. The van der Waals surface area contributed by atoms with Gasteiger partial charge in [-0.05, 0) is 47.5 Å². The second kappa shape index (κ2) is 8.82. The number of benzene rings is 2. The Labute approximate surface area is 193 Å². The number of nitrogens with one attached hydrogen (secondary N) is 1. The molecule has 4 rings (SSSR count). The fraction of sp³-hybridized carbons (Fsp3) is 0.136. The summed E-state index contributed by atoms with van der Waals surface area (Å²) in [5.41, 5.74) is -2.16. The maximum absolute atomic E-state index is 13.7. The molecule has 0 unspecified atom stereocenters. The maximum Gasteiger partial charge on any atom is 0.420 e. The third-order valence-electron chi connectivity index (χ3n) is 4.96. The van der Waals surface area contributed by atoms with Crippen LogP contribution >= 0.6 is 11.6 Å². The first-order valence-electron chi connectivity index (χ1n) is 9.68. The molecule has 0 radical (unpaired) electrons. The fourth-order valence-corrected chi connectivity index (χ4v) is 3.47. The Kier molecular flexibility index (Phi) is 6.05. The van der Waals surface area contributed by atoms with Crippen LogP contribution in [0.1, 0.15) is 11.4 Å². The molecule has 0 saturated carbocycles. The fourth-order valence-electron chi connectivity index (χ4n) is 3.25. The standard InChI is InChI=1S/C22H15ClF4N4O3/c1-30-18(28-29-21(30)33)11-31-6-5-17(22(25,26)27)19(20(31)32)34-16-9-13(7-14(23)10-16)12-3-2-4-15(24)8-12/h2-10H,11H2,1H3,(H,29,33). The van der Waals surface area contributed by atoms with Crippen molar-refractivity contribution >= 4 is 11.6 Å². The van der Waals surface area contributed by atoms with Crippen molar-refractivity contribution in [1.82, 2.24) is 19.3 Å². The first-order valence-corrected chi connectivity index (χ1v) is 10.1. The molecule has 0 amide bonds. The molecule has 2 heterocycles. The minimum atomic E-state index is -4.89. The van der Waals surface area contributed by atoms with Crippen molar-refractivity contribution < 1.29 is 22.3 Å². The monoisotopic (exact) mass is 494 g/mol. The maximum atomic E-state index is 13.7. The van der Waals surface area contributed by atoms with E-state index in [1.807, 2.05) is 0 Å². The Balaban J connectivity index is 1.79. The highest BCUT2D eigenvalue weighted by molar-refractivity contribution is 6.31. The molecule has 4 aromatic rings. The zero-order chi connectivity index (χ0) is 24.6. The molecular formula is C22H15ClF4N4O3. The average Bonchev–Trinajstić information content (AvgIpc) is 3.07. The van der Waals surface area contributed by atoms with Gasteiger partial charge < -0.3 is 9.30 Å². The molecule has 7 nitrogen and oxygen atoms in total. The van der Waals surface area contributed by atoms with Crippen molar-refractivity contribution in [2.24, 2.45) is 7.05 Å². The molecule has 176 valence electrons. The molecule has 1 N–H and O–H groups in total. The van der Waals surface area contributed by atoms with Crippen molar-refractivity contribution in [3.05, 3.63) is 97.8 Å². The molecule has 0 aliphatic heterocycles. The summed E-state index contributed by atoms with van der Waals surface area (Å²) < 4.78 is 62.1. The Morgan fingerprint density at radius 3 is 2.50 bits per heavy atom. The number of hydrogen-bond donors (Lipinski definition) is 1. The molecule has 2 aromatic heterocycles. The molecule has 0 aliphatic rings. The van der Waals surface area contributed by atoms with Gasteiger partial charge in [0.2, 0.25) is 5.75 Å². The number of rotatable bonds is 5. The van der Waals surface area contributed by atoms with Crippen molar-refractivity contribution in [2.45, 2.75) is 12.7 Å². The summed E-state index contributed by atoms with van der Waals surface area (Å²) in [6.45, 7) is -0.285. The summed E-state index contributed by atoms with van der Waals surface area (Å²) in [7, 11) is 1.40. The van der Waals surface area contributed by atoms with Crippen molar-refractivity contribution in [2.75, 3.05) is 0 Å². The quantitative estimate of drug-likeness (QED) is 0.411. The molecule has 0 atom stereocenters. The summed E-state index contributed by atoms with van der Waals surface area (Å²) in [6.07, 6.45) is -3.95. The van der Waals surface area contributed by atoms with Gasteiger partial charge in [0, 0.05) is 18.3 Å². The summed E-state index contributed by atoms with van der Waals surface area (Å²) in [6, 6.07) is 10.3. The van der Waals surface area contributed by atoms with Gasteiger partial charge in [-0.3, -0.25) is 9.36 Å². The van der Waals surface area contributed by atoms with Gasteiger partial charge in [-0.2, -0.15) is 18.3 Å². The number of aromatic amines is 1. The number of nitrogens with zero attached hydrogens (tertiary/aromatic N) is 3. The first kappa shape index (κ1) is 23.3. The number of H-pyrrole nitrogens is 1. The van der Waals surface area contributed by atoms with Crippen LogP contribution in [-0.2, 0) is 19.8 Å². The lowest BCUT2D eigenvalue weighted by atomic mass is 10.1. The van der Waals surface area contributed by atoms with Crippen LogP contribution in [0.3, 0.4) is 0 Å². The lowest BCUT2D eigenvalue weighted by Gasteiger charge is -2.16. The third kappa shape index (κ3) is 4.74. The van der Waals surface area contributed by atoms with E-state index < -0.39 is 34.6 Å². The van der Waals surface area contributed by atoms with Crippen LogP contribution < -0.4 is 16.0 Å². The summed E-state index contributed by atoms with van der Waals surface area (Å²) in [5, 5.41) is 6.05. The summed E-state index contributed by atoms with van der Waals surface area (Å²) in [5.74, 6) is -1.53. The number of halogens is 5. The van der Waals surface area contributed by atoms with Gasteiger partial charge in [-0.15, -0.1) is 0 Å². The largest absolute Gasteiger partial charge is 0.451 e. The Hall–Kier alpha value is -3.86. The Morgan fingerprint density at radius 2 is 1.85 bits per heavy atom. The van der Waals surface area contributed by atoms with Gasteiger partial charge in [0.05, 0.1) is 6.54 Å². The van der Waals surface area contributed by atoms with Gasteiger partial charge in [-0.1, -0.05) is 23.7 Å². The van der Waals surface area contributed by atoms with Crippen molar-refractivity contribution in [3.8, 4) is 22.6 Å². The van der Waals surface area contributed by atoms with Crippen LogP contribution in [0.15, 0.2) is 64.3 Å². The second-order valence-corrected chi connectivity index (χ2v) is 7.72. The molecule has 0 spiro atoms. The van der Waals surface area contributed by atoms with Crippen LogP contribution in [0, 0.1) is 5.82 Å². The molecule has 0 saturated heterocycles. The van der Waals surface area contributed by atoms with E-state index in [2.05, 4.69) is 10.2 Å². The van der Waals surface area contributed by atoms with Crippen LogP contribution in [0.25, 0.3) is 11.1 Å². The SMILES string of the molecule is Cn1c(Cn2ccc(C(F)(F)F)c(Oc3cc(Cl)cc(-c4cccc(F)c4)c3)c2=O)n[nH]c1=O. The minimum absolute atomic E-state index is 0.105. The third-order valence-corrected chi connectivity index (χ3v) is 5.18. The van der Waals surface area contributed by atoms with E-state index in [-0.39, 0.29) is 23.1 Å². The van der Waals surface area contributed by atoms with Gasteiger partial charge >= 0.3 is 11.9 Å². The zero-order valence-corrected chi connectivity index (χ0v) is 18.1. The van der Waals surface area contributed by atoms with E-state index in [1.54, 1.807) is 6.07 Å². The molecule has 34 heavy (non-hydrogen) atoms. The second-order valence-electron chi connectivity index (χ2n) is 7.28. The van der Waals surface area contributed by atoms with E-state index >= 15 is 0 Å². The van der Waals surface area contributed by atoms with Crippen molar-refractivity contribution in [3.63, 3.8) is 0 Å². The van der Waals surface area contributed by atoms with Gasteiger partial charge in [0.25, 0.3) is 5.56 Å². The first-order chi connectivity index (χ1) is 16.0. The molecule has 0 fully saturated rings. The van der Waals surface area contributed by atoms with E-state index in [9.17, 15) is 27.2 Å². The van der Waals surface area contributed by atoms with Crippen LogP contribution in [-0.4, -0.2) is 19.3 Å². The smallest absolute Gasteiger partial charge is 0.420 e. The number of aromatic nitrogens is 4. The van der Waals surface area contributed by atoms with Crippen LogP contribution in [0.4, 0.5) is 17.6 Å². The number of alkyl halides is 3. The Bertz CT molecular complexity index is 1490. The normalized spacial score (nSPS) is 11.6. The molecule has 0 bridgehead atoms. The lowest BCUT2D eigenvalue weighted by Crippen LogP contribution is -2.26. The highest BCUT2D eigenvalue weighted by atomic mass is 35.5. The predicted octanol–water partition coefficient (Wildman–Crippen LogP) is 4.59.